The van der Waals surface area contributed by atoms with Crippen molar-refractivity contribution in [1.82, 2.24) is 4.90 Å². The quantitative estimate of drug-likeness (QED) is 0.727. The number of benzene rings is 2. The van der Waals surface area contributed by atoms with Gasteiger partial charge in [0.1, 0.15) is 5.75 Å². The molecule has 0 saturated carbocycles. The fraction of sp³-hybridized carbons (Fsp3) is 0.263. The molecule has 8 heteroatoms. The van der Waals surface area contributed by atoms with Crippen LogP contribution in [-0.2, 0) is 9.59 Å². The first-order valence-electron chi connectivity index (χ1n) is 8.20. The van der Waals surface area contributed by atoms with Gasteiger partial charge in [0.15, 0.2) is 0 Å². The first-order chi connectivity index (χ1) is 12.8. The van der Waals surface area contributed by atoms with Crippen LogP contribution in [-0.4, -0.2) is 43.5 Å². The van der Waals surface area contributed by atoms with Gasteiger partial charge in [-0.15, -0.1) is 0 Å². The predicted octanol–water partition coefficient (Wildman–Crippen LogP) is 3.90. The van der Waals surface area contributed by atoms with Crippen molar-refractivity contribution in [2.45, 2.75) is 13.0 Å². The number of carbonyl (C=O) groups is 2. The van der Waals surface area contributed by atoms with Crippen molar-refractivity contribution in [2.24, 2.45) is 0 Å². The van der Waals surface area contributed by atoms with Crippen LogP contribution in [0.1, 0.15) is 6.92 Å². The van der Waals surface area contributed by atoms with Crippen LogP contribution in [0.25, 0.3) is 0 Å². The van der Waals surface area contributed by atoms with E-state index in [4.69, 9.17) is 27.9 Å². The van der Waals surface area contributed by atoms with Gasteiger partial charge in [0.25, 0.3) is 0 Å². The number of ether oxygens (including phenoxy) is 1. The van der Waals surface area contributed by atoms with Gasteiger partial charge in [-0.1, -0.05) is 29.3 Å². The molecule has 0 saturated heterocycles. The lowest BCUT2D eigenvalue weighted by Crippen LogP contribution is -2.43. The average molecular weight is 410 g/mol. The van der Waals surface area contributed by atoms with E-state index in [0.29, 0.717) is 27.2 Å². The Morgan fingerprint density at radius 2 is 1.81 bits per heavy atom. The largest absolute Gasteiger partial charge is 0.495 e. The molecular formula is C19H21Cl2N3O3. The Balaban J connectivity index is 1.95. The van der Waals surface area contributed by atoms with E-state index in [0.717, 1.165) is 0 Å². The van der Waals surface area contributed by atoms with Crippen LogP contribution in [0, 0.1) is 0 Å². The molecule has 27 heavy (non-hydrogen) atoms. The summed E-state index contributed by atoms with van der Waals surface area (Å²) in [4.78, 5) is 26.3. The summed E-state index contributed by atoms with van der Waals surface area (Å²) in [6.07, 6.45) is 0. The lowest BCUT2D eigenvalue weighted by atomic mass is 10.2. The average Bonchev–Trinajstić information content (AvgIpc) is 2.61. The summed E-state index contributed by atoms with van der Waals surface area (Å²) in [6.45, 7) is 1.73. The number of amides is 2. The molecule has 0 aromatic heterocycles. The maximum absolute atomic E-state index is 12.4. The highest BCUT2D eigenvalue weighted by atomic mass is 35.5. The molecule has 0 spiro atoms. The minimum atomic E-state index is -0.531. The van der Waals surface area contributed by atoms with Gasteiger partial charge in [0.2, 0.25) is 11.8 Å². The number of carbonyl (C=O) groups excluding carboxylic acids is 2. The Bertz CT molecular complexity index is 830. The van der Waals surface area contributed by atoms with Crippen molar-refractivity contribution in [3.05, 3.63) is 52.5 Å². The van der Waals surface area contributed by atoms with Crippen LogP contribution in [0.5, 0.6) is 5.75 Å². The third-order valence-corrected chi connectivity index (χ3v) is 4.43. The molecule has 2 rings (SSSR count). The van der Waals surface area contributed by atoms with E-state index in [1.54, 1.807) is 61.3 Å². The van der Waals surface area contributed by atoms with Crippen LogP contribution in [0.4, 0.5) is 11.4 Å². The highest BCUT2D eigenvalue weighted by Gasteiger charge is 2.21. The molecule has 2 aromatic carbocycles. The fourth-order valence-electron chi connectivity index (χ4n) is 2.34. The maximum atomic E-state index is 12.4. The molecule has 2 N–H and O–H groups in total. The summed E-state index contributed by atoms with van der Waals surface area (Å²) in [6, 6.07) is 11.3. The van der Waals surface area contributed by atoms with Crippen LogP contribution in [0.2, 0.25) is 10.0 Å². The number of rotatable bonds is 7. The van der Waals surface area contributed by atoms with Gasteiger partial charge < -0.3 is 15.4 Å². The zero-order valence-corrected chi connectivity index (χ0v) is 16.8. The predicted molar refractivity (Wildman–Crippen MR) is 109 cm³/mol. The Hall–Kier alpha value is -2.28. The minimum absolute atomic E-state index is 0.0137. The Morgan fingerprint density at radius 1 is 1.11 bits per heavy atom. The van der Waals surface area contributed by atoms with Crippen LogP contribution < -0.4 is 15.4 Å². The van der Waals surface area contributed by atoms with E-state index in [1.807, 2.05) is 0 Å². The highest BCUT2D eigenvalue weighted by Crippen LogP contribution is 2.27. The number of halogens is 2. The number of nitrogens with one attached hydrogen (secondary N) is 2. The lowest BCUT2D eigenvalue weighted by Gasteiger charge is -2.23. The number of hydrogen-bond acceptors (Lipinski definition) is 4. The lowest BCUT2D eigenvalue weighted by molar-refractivity contribution is -0.122. The van der Waals surface area contributed by atoms with Gasteiger partial charge in [-0.3, -0.25) is 14.5 Å². The summed E-state index contributed by atoms with van der Waals surface area (Å²) in [7, 11) is 3.20. The third kappa shape index (κ3) is 6.13. The van der Waals surface area contributed by atoms with Crippen LogP contribution in [0.3, 0.4) is 0 Å². The molecule has 2 aromatic rings. The second-order valence-electron chi connectivity index (χ2n) is 5.98. The molecule has 0 aliphatic carbocycles. The van der Waals surface area contributed by atoms with Crippen LogP contribution in [0.15, 0.2) is 42.5 Å². The van der Waals surface area contributed by atoms with Crippen LogP contribution >= 0.6 is 23.2 Å². The number of nitrogens with zero attached hydrogens (tertiary/aromatic N) is 1. The molecular weight excluding hydrogens is 389 g/mol. The van der Waals surface area contributed by atoms with E-state index in [9.17, 15) is 9.59 Å². The maximum Gasteiger partial charge on any atom is 0.241 e. The molecule has 0 heterocycles. The summed E-state index contributed by atoms with van der Waals surface area (Å²) in [5.74, 6) is -0.0319. The van der Waals surface area contributed by atoms with Gasteiger partial charge >= 0.3 is 0 Å². The SMILES string of the molecule is COc1ccc(Cl)cc1NC(=O)CN(C)[C@H](C)C(=O)Nc1cccc(Cl)c1. The number of anilines is 2. The molecule has 0 aliphatic rings. The van der Waals surface area contributed by atoms with Gasteiger partial charge in [0, 0.05) is 15.7 Å². The van der Waals surface area contributed by atoms with Crippen molar-refractivity contribution in [3.8, 4) is 5.75 Å². The fourth-order valence-corrected chi connectivity index (χ4v) is 2.71. The third-order valence-electron chi connectivity index (χ3n) is 3.96. The minimum Gasteiger partial charge on any atom is -0.495 e. The first-order valence-corrected chi connectivity index (χ1v) is 8.96. The van der Waals surface area contributed by atoms with Crippen molar-refractivity contribution < 1.29 is 14.3 Å². The smallest absolute Gasteiger partial charge is 0.241 e. The standard InChI is InChI=1S/C19H21Cl2N3O3/c1-12(19(26)22-15-6-4-5-13(20)9-15)24(2)11-18(25)23-16-10-14(21)7-8-17(16)27-3/h4-10,12H,11H2,1-3H3,(H,22,26)(H,23,25)/t12-/m1/s1. The molecule has 6 nitrogen and oxygen atoms in total. The van der Waals surface area contributed by atoms with Gasteiger partial charge in [-0.25, -0.2) is 0 Å². The molecule has 0 bridgehead atoms. The van der Waals surface area contributed by atoms with Crippen molar-refractivity contribution >= 4 is 46.4 Å². The molecule has 1 atom stereocenters. The Kier molecular flexibility index (Phi) is 7.47. The molecule has 0 unspecified atom stereocenters. The zero-order valence-electron chi connectivity index (χ0n) is 15.3. The van der Waals surface area contributed by atoms with E-state index < -0.39 is 6.04 Å². The molecule has 144 valence electrons. The summed E-state index contributed by atoms with van der Waals surface area (Å²) < 4.78 is 5.21. The van der Waals surface area contributed by atoms with Gasteiger partial charge in [-0.2, -0.15) is 0 Å². The number of likely N-dealkylation sites (N-methyl/N-ethyl adjacent to an activating group) is 1. The summed E-state index contributed by atoms with van der Waals surface area (Å²) >= 11 is 11.9. The van der Waals surface area contributed by atoms with E-state index in [1.165, 1.54) is 7.11 Å². The van der Waals surface area contributed by atoms with E-state index in [-0.39, 0.29) is 18.4 Å². The number of hydrogen-bond donors (Lipinski definition) is 2. The summed E-state index contributed by atoms with van der Waals surface area (Å²) in [5, 5.41) is 6.53. The molecule has 0 aliphatic heterocycles. The normalized spacial score (nSPS) is 11.8. The Morgan fingerprint density at radius 3 is 2.48 bits per heavy atom. The van der Waals surface area contributed by atoms with Gasteiger partial charge in [-0.05, 0) is 50.4 Å². The monoisotopic (exact) mass is 409 g/mol. The number of methoxy groups -OCH3 is 1. The van der Waals surface area contributed by atoms with E-state index >= 15 is 0 Å². The summed E-state index contributed by atoms with van der Waals surface area (Å²) in [5.41, 5.74) is 1.07. The molecule has 0 fully saturated rings. The first kappa shape index (κ1) is 21.0. The van der Waals surface area contributed by atoms with Crippen molar-refractivity contribution in [3.63, 3.8) is 0 Å². The molecule has 0 radical (unpaired) electrons. The Labute approximate surface area is 168 Å². The van der Waals surface area contributed by atoms with Crippen molar-refractivity contribution in [1.29, 1.82) is 0 Å². The second-order valence-corrected chi connectivity index (χ2v) is 6.86. The second kappa shape index (κ2) is 9.60. The topological polar surface area (TPSA) is 70.7 Å². The van der Waals surface area contributed by atoms with Crippen molar-refractivity contribution in [2.75, 3.05) is 31.3 Å². The zero-order chi connectivity index (χ0) is 20.0. The highest BCUT2D eigenvalue weighted by molar-refractivity contribution is 6.31. The van der Waals surface area contributed by atoms with E-state index in [2.05, 4.69) is 10.6 Å². The molecule has 2 amide bonds. The van der Waals surface area contributed by atoms with Gasteiger partial charge in [0.05, 0.1) is 25.4 Å².